The molecule has 2 rings (SSSR count). The minimum Gasteiger partial charge on any atom is -0.339 e. The van der Waals surface area contributed by atoms with Crippen LogP contribution in [0.15, 0.2) is 24.3 Å². The summed E-state index contributed by atoms with van der Waals surface area (Å²) in [6.07, 6.45) is 3.56. The van der Waals surface area contributed by atoms with Gasteiger partial charge in [0.05, 0.1) is 0 Å². The van der Waals surface area contributed by atoms with Crippen LogP contribution in [0.5, 0.6) is 0 Å². The van der Waals surface area contributed by atoms with E-state index in [2.05, 4.69) is 22.6 Å². The maximum absolute atomic E-state index is 12.1. The number of rotatable bonds is 1. The second-order valence-corrected chi connectivity index (χ2v) is 5.11. The van der Waals surface area contributed by atoms with Gasteiger partial charge < -0.3 is 4.90 Å². The van der Waals surface area contributed by atoms with E-state index in [0.29, 0.717) is 0 Å². The predicted molar refractivity (Wildman–Crippen MR) is 68.9 cm³/mol. The highest BCUT2D eigenvalue weighted by Crippen LogP contribution is 2.14. The average molecular weight is 315 g/mol. The molecule has 1 heterocycles. The van der Waals surface area contributed by atoms with Crippen LogP contribution in [0, 0.1) is 3.57 Å². The summed E-state index contributed by atoms with van der Waals surface area (Å²) in [4.78, 5) is 14.0. The normalized spacial score (nSPS) is 16.5. The molecule has 1 aliphatic heterocycles. The maximum atomic E-state index is 12.1. The first-order valence-electron chi connectivity index (χ1n) is 5.32. The van der Waals surface area contributed by atoms with Crippen LogP contribution in [0.25, 0.3) is 0 Å². The highest BCUT2D eigenvalue weighted by Gasteiger charge is 2.17. The molecule has 0 unspecified atom stereocenters. The van der Waals surface area contributed by atoms with E-state index >= 15 is 0 Å². The van der Waals surface area contributed by atoms with Crippen LogP contribution >= 0.6 is 22.6 Å². The minimum atomic E-state index is 0.188. The molecular weight excluding hydrogens is 301 g/mol. The predicted octanol–water partition coefficient (Wildman–Crippen LogP) is 2.92. The lowest BCUT2D eigenvalue weighted by Crippen LogP contribution is -2.35. The Bertz CT molecular complexity index is 358. The molecule has 1 amide bonds. The highest BCUT2D eigenvalue weighted by atomic mass is 127. The Balaban J connectivity index is 2.12. The van der Waals surface area contributed by atoms with Gasteiger partial charge >= 0.3 is 0 Å². The fraction of sp³-hybridized carbons (Fsp3) is 0.417. The van der Waals surface area contributed by atoms with Gasteiger partial charge in [-0.05, 0) is 60.1 Å². The summed E-state index contributed by atoms with van der Waals surface area (Å²) in [7, 11) is 0. The third-order valence-corrected chi connectivity index (χ3v) is 3.39. The molecule has 1 saturated heterocycles. The van der Waals surface area contributed by atoms with Crippen LogP contribution in [-0.4, -0.2) is 23.9 Å². The smallest absolute Gasteiger partial charge is 0.253 e. The van der Waals surface area contributed by atoms with Crippen molar-refractivity contribution in [2.24, 2.45) is 0 Å². The molecule has 0 saturated carbocycles. The Morgan fingerprint density at radius 2 is 1.93 bits per heavy atom. The molecule has 15 heavy (non-hydrogen) atoms. The van der Waals surface area contributed by atoms with Crippen LogP contribution < -0.4 is 0 Å². The van der Waals surface area contributed by atoms with Gasteiger partial charge in [0.25, 0.3) is 5.91 Å². The van der Waals surface area contributed by atoms with Crippen LogP contribution in [0.3, 0.4) is 0 Å². The Kier molecular flexibility index (Phi) is 3.61. The summed E-state index contributed by atoms with van der Waals surface area (Å²) in [5.41, 5.74) is 0.823. The van der Waals surface area contributed by atoms with Crippen molar-refractivity contribution in [3.8, 4) is 0 Å². The fourth-order valence-corrected chi connectivity index (χ4v) is 2.44. The number of likely N-dealkylation sites (tertiary alicyclic amines) is 1. The lowest BCUT2D eigenvalue weighted by Gasteiger charge is -2.26. The van der Waals surface area contributed by atoms with E-state index in [1.807, 2.05) is 29.2 Å². The average Bonchev–Trinajstić information content (AvgIpc) is 2.29. The van der Waals surface area contributed by atoms with Crippen molar-refractivity contribution in [1.29, 1.82) is 0 Å². The van der Waals surface area contributed by atoms with Gasteiger partial charge in [0.15, 0.2) is 0 Å². The van der Waals surface area contributed by atoms with Crippen LogP contribution in [0.4, 0.5) is 0 Å². The lowest BCUT2D eigenvalue weighted by atomic mass is 10.1. The van der Waals surface area contributed by atoms with E-state index in [9.17, 15) is 4.79 Å². The maximum Gasteiger partial charge on any atom is 0.253 e. The molecule has 0 atom stereocenters. The quantitative estimate of drug-likeness (QED) is 0.730. The monoisotopic (exact) mass is 315 g/mol. The number of hydrogen-bond donors (Lipinski definition) is 0. The van der Waals surface area contributed by atoms with Crippen molar-refractivity contribution in [3.05, 3.63) is 33.4 Å². The van der Waals surface area contributed by atoms with Gasteiger partial charge in [-0.2, -0.15) is 0 Å². The van der Waals surface area contributed by atoms with Gasteiger partial charge in [-0.25, -0.2) is 0 Å². The van der Waals surface area contributed by atoms with Crippen molar-refractivity contribution in [1.82, 2.24) is 4.90 Å². The van der Waals surface area contributed by atoms with Gasteiger partial charge in [0.2, 0.25) is 0 Å². The fourth-order valence-electron chi connectivity index (χ4n) is 1.90. The molecule has 0 aliphatic carbocycles. The van der Waals surface area contributed by atoms with Crippen LogP contribution in [0.1, 0.15) is 29.6 Å². The Hall–Kier alpha value is -0.580. The summed E-state index contributed by atoms with van der Waals surface area (Å²) in [5.74, 6) is 0.188. The number of nitrogens with zero attached hydrogens (tertiary/aromatic N) is 1. The summed E-state index contributed by atoms with van der Waals surface area (Å²) < 4.78 is 1.12. The number of piperidine rings is 1. The third kappa shape index (κ3) is 2.71. The van der Waals surface area contributed by atoms with Crippen LogP contribution in [-0.2, 0) is 0 Å². The second kappa shape index (κ2) is 4.96. The van der Waals surface area contributed by atoms with Gasteiger partial charge in [0.1, 0.15) is 0 Å². The molecule has 1 fully saturated rings. The van der Waals surface area contributed by atoms with E-state index in [-0.39, 0.29) is 5.91 Å². The molecule has 2 nitrogen and oxygen atoms in total. The molecule has 3 heteroatoms. The van der Waals surface area contributed by atoms with Gasteiger partial charge in [-0.15, -0.1) is 0 Å². The van der Waals surface area contributed by atoms with Gasteiger partial charge in [-0.3, -0.25) is 4.79 Å². The zero-order chi connectivity index (χ0) is 10.7. The molecule has 0 bridgehead atoms. The van der Waals surface area contributed by atoms with E-state index in [1.54, 1.807) is 0 Å². The molecule has 1 aliphatic rings. The first-order chi connectivity index (χ1) is 7.27. The van der Waals surface area contributed by atoms with Gasteiger partial charge in [0, 0.05) is 22.2 Å². The molecule has 80 valence electrons. The van der Waals surface area contributed by atoms with Crippen molar-refractivity contribution in [2.45, 2.75) is 19.3 Å². The summed E-state index contributed by atoms with van der Waals surface area (Å²) in [6, 6.07) is 7.81. The highest BCUT2D eigenvalue weighted by molar-refractivity contribution is 14.1. The minimum absolute atomic E-state index is 0.188. The first-order valence-corrected chi connectivity index (χ1v) is 6.40. The third-order valence-electron chi connectivity index (χ3n) is 2.71. The molecule has 0 N–H and O–H groups in total. The number of benzene rings is 1. The molecule has 1 aromatic rings. The van der Waals surface area contributed by atoms with Crippen molar-refractivity contribution < 1.29 is 4.79 Å². The van der Waals surface area contributed by atoms with E-state index in [4.69, 9.17) is 0 Å². The largest absolute Gasteiger partial charge is 0.339 e. The van der Waals surface area contributed by atoms with E-state index in [0.717, 1.165) is 35.1 Å². The Labute approximate surface area is 104 Å². The number of amides is 1. The molecular formula is C12H14INO. The molecule has 1 aromatic carbocycles. The summed E-state index contributed by atoms with van der Waals surface area (Å²) >= 11 is 2.24. The summed E-state index contributed by atoms with van der Waals surface area (Å²) in [5, 5.41) is 0. The summed E-state index contributed by atoms with van der Waals surface area (Å²) in [6.45, 7) is 1.84. The SMILES string of the molecule is O=C(c1cccc(I)c1)N1CCCCC1. The Morgan fingerprint density at radius 3 is 2.60 bits per heavy atom. The van der Waals surface area contributed by atoms with Crippen molar-refractivity contribution in [3.63, 3.8) is 0 Å². The van der Waals surface area contributed by atoms with E-state index < -0.39 is 0 Å². The topological polar surface area (TPSA) is 20.3 Å². The zero-order valence-electron chi connectivity index (χ0n) is 8.58. The molecule has 0 spiro atoms. The number of halogens is 1. The number of hydrogen-bond acceptors (Lipinski definition) is 1. The number of carbonyl (C=O) groups excluding carboxylic acids is 1. The standard InChI is InChI=1S/C12H14INO/c13-11-6-4-5-10(9-11)12(15)14-7-2-1-3-8-14/h4-6,9H,1-3,7-8H2. The number of carbonyl (C=O) groups is 1. The molecule has 0 radical (unpaired) electrons. The van der Waals surface area contributed by atoms with Crippen molar-refractivity contribution in [2.75, 3.05) is 13.1 Å². The van der Waals surface area contributed by atoms with Gasteiger partial charge in [-0.1, -0.05) is 6.07 Å². The van der Waals surface area contributed by atoms with Crippen LogP contribution in [0.2, 0.25) is 0 Å². The Morgan fingerprint density at radius 1 is 1.20 bits per heavy atom. The van der Waals surface area contributed by atoms with E-state index in [1.165, 1.54) is 6.42 Å². The molecule has 0 aromatic heterocycles. The first kappa shape index (κ1) is 10.9. The zero-order valence-corrected chi connectivity index (χ0v) is 10.7. The lowest BCUT2D eigenvalue weighted by molar-refractivity contribution is 0.0724. The van der Waals surface area contributed by atoms with Crippen molar-refractivity contribution >= 4 is 28.5 Å². The second-order valence-electron chi connectivity index (χ2n) is 3.86.